The maximum absolute atomic E-state index is 13.4. The van der Waals surface area contributed by atoms with Gasteiger partial charge in [0.25, 0.3) is 5.56 Å². The van der Waals surface area contributed by atoms with Crippen molar-refractivity contribution in [3.63, 3.8) is 0 Å². The summed E-state index contributed by atoms with van der Waals surface area (Å²) in [6, 6.07) is 20.9. The summed E-state index contributed by atoms with van der Waals surface area (Å²) in [6.07, 6.45) is 0.630. The van der Waals surface area contributed by atoms with Gasteiger partial charge in [-0.3, -0.25) is 23.4 Å². The summed E-state index contributed by atoms with van der Waals surface area (Å²) in [7, 11) is 0. The number of aromatic nitrogens is 4. The highest BCUT2D eigenvalue weighted by Crippen LogP contribution is 2.20. The number of fused-ring (bicyclic) bond motifs is 3. The lowest BCUT2D eigenvalue weighted by Crippen LogP contribution is -2.48. The smallest absolute Gasteiger partial charge is 0.263 e. The van der Waals surface area contributed by atoms with E-state index in [2.05, 4.69) is 15.1 Å². The van der Waals surface area contributed by atoms with E-state index in [1.54, 1.807) is 25.1 Å². The molecule has 0 saturated carbocycles. The molecule has 10 heteroatoms. The first-order chi connectivity index (χ1) is 19.9. The van der Waals surface area contributed by atoms with Gasteiger partial charge in [0.2, 0.25) is 11.7 Å². The molecule has 1 saturated heterocycles. The van der Waals surface area contributed by atoms with Crippen molar-refractivity contribution in [3.8, 4) is 0 Å². The molecule has 3 aromatic carbocycles. The number of hydrogen-bond donors (Lipinski definition) is 0. The Labute approximate surface area is 235 Å². The fourth-order valence-electron chi connectivity index (χ4n) is 5.39. The summed E-state index contributed by atoms with van der Waals surface area (Å²) in [5.74, 6) is 0.712. The van der Waals surface area contributed by atoms with Crippen LogP contribution in [-0.4, -0.2) is 61.9 Å². The third-order valence-corrected chi connectivity index (χ3v) is 7.66. The van der Waals surface area contributed by atoms with E-state index in [4.69, 9.17) is 0 Å². The van der Waals surface area contributed by atoms with Crippen LogP contribution in [0.25, 0.3) is 16.7 Å². The van der Waals surface area contributed by atoms with Gasteiger partial charge in [0.05, 0.1) is 17.4 Å². The van der Waals surface area contributed by atoms with Gasteiger partial charge in [-0.2, -0.15) is 0 Å². The number of para-hydroxylation sites is 1. The Hall–Kier alpha value is -4.86. The van der Waals surface area contributed by atoms with Gasteiger partial charge < -0.3 is 9.80 Å². The number of carbonyl (C=O) groups excluding carboxylic acids is 2. The zero-order chi connectivity index (χ0) is 28.5. The largest absolute Gasteiger partial charge is 0.368 e. The standard InChI is InChI=1S/C31H29FN6O3/c1-21(39)23-8-12-25(13-9-23)35-16-18-36(19-17-35)29(40)15-14-28-33-34-31-37(20-22-6-10-24(32)11-7-22)30(41)26-4-2-3-5-27(26)38(28)31/h2-13H,14-20H2,1H3. The highest BCUT2D eigenvalue weighted by Gasteiger charge is 2.23. The maximum Gasteiger partial charge on any atom is 0.263 e. The summed E-state index contributed by atoms with van der Waals surface area (Å²) in [6.45, 7) is 4.39. The fourth-order valence-corrected chi connectivity index (χ4v) is 5.39. The van der Waals surface area contributed by atoms with Gasteiger partial charge >= 0.3 is 0 Å². The second kappa shape index (κ2) is 11.0. The summed E-state index contributed by atoms with van der Waals surface area (Å²) < 4.78 is 16.8. The Morgan fingerprint density at radius 1 is 0.878 bits per heavy atom. The summed E-state index contributed by atoms with van der Waals surface area (Å²) in [5.41, 5.74) is 2.96. The number of piperazine rings is 1. The molecule has 1 aliphatic heterocycles. The molecule has 0 bridgehead atoms. The predicted octanol–water partition coefficient (Wildman–Crippen LogP) is 3.72. The Morgan fingerprint density at radius 3 is 2.29 bits per heavy atom. The number of anilines is 1. The van der Waals surface area contributed by atoms with E-state index >= 15 is 0 Å². The summed E-state index contributed by atoms with van der Waals surface area (Å²) in [5, 5.41) is 9.24. The number of rotatable bonds is 7. The fraction of sp³-hybridized carbons (Fsp3) is 0.258. The normalized spacial score (nSPS) is 13.7. The molecule has 1 aliphatic rings. The van der Waals surface area contributed by atoms with Crippen LogP contribution in [0.1, 0.15) is 35.1 Å². The maximum atomic E-state index is 13.4. The molecule has 0 aliphatic carbocycles. The van der Waals surface area contributed by atoms with Crippen LogP contribution in [0.5, 0.6) is 0 Å². The number of nitrogens with zero attached hydrogens (tertiary/aromatic N) is 6. The Balaban J connectivity index is 1.19. The molecule has 0 radical (unpaired) electrons. The zero-order valence-corrected chi connectivity index (χ0v) is 22.7. The van der Waals surface area contributed by atoms with Gasteiger partial charge in [0.15, 0.2) is 5.78 Å². The number of ketones is 1. The topological polar surface area (TPSA) is 92.8 Å². The van der Waals surface area contributed by atoms with Crippen LogP contribution in [0.3, 0.4) is 0 Å². The molecule has 3 heterocycles. The quantitative estimate of drug-likeness (QED) is 0.286. The number of hydrogen-bond acceptors (Lipinski definition) is 6. The first-order valence-corrected chi connectivity index (χ1v) is 13.6. The second-order valence-corrected chi connectivity index (χ2v) is 10.3. The minimum absolute atomic E-state index is 0.0385. The van der Waals surface area contributed by atoms with Crippen molar-refractivity contribution < 1.29 is 14.0 Å². The van der Waals surface area contributed by atoms with Crippen molar-refractivity contribution >= 4 is 34.1 Å². The van der Waals surface area contributed by atoms with Crippen molar-refractivity contribution in [2.45, 2.75) is 26.3 Å². The zero-order valence-electron chi connectivity index (χ0n) is 22.7. The number of Topliss-reactive ketones (excluding diaryl/α,β-unsaturated/α-hetero) is 1. The molecule has 5 aromatic rings. The van der Waals surface area contributed by atoms with Crippen molar-refractivity contribution in [1.29, 1.82) is 0 Å². The lowest BCUT2D eigenvalue weighted by atomic mass is 10.1. The number of halogens is 1. The molecule has 6 rings (SSSR count). The van der Waals surface area contributed by atoms with Gasteiger partial charge in [-0.25, -0.2) is 4.39 Å². The van der Waals surface area contributed by atoms with Crippen molar-refractivity contribution in [2.24, 2.45) is 0 Å². The first-order valence-electron chi connectivity index (χ1n) is 13.6. The minimum Gasteiger partial charge on any atom is -0.368 e. The average molecular weight is 553 g/mol. The molecular weight excluding hydrogens is 523 g/mol. The molecule has 2 aromatic heterocycles. The van der Waals surface area contributed by atoms with E-state index in [-0.39, 0.29) is 36.0 Å². The van der Waals surface area contributed by atoms with Gasteiger partial charge in [-0.1, -0.05) is 24.3 Å². The molecule has 41 heavy (non-hydrogen) atoms. The van der Waals surface area contributed by atoms with Crippen LogP contribution in [0.15, 0.2) is 77.6 Å². The average Bonchev–Trinajstić information content (AvgIpc) is 3.43. The van der Waals surface area contributed by atoms with Gasteiger partial charge in [-0.15, -0.1) is 10.2 Å². The van der Waals surface area contributed by atoms with Crippen LogP contribution < -0.4 is 10.5 Å². The van der Waals surface area contributed by atoms with Gasteiger partial charge in [0.1, 0.15) is 11.6 Å². The van der Waals surface area contributed by atoms with E-state index in [0.717, 1.165) is 11.3 Å². The van der Waals surface area contributed by atoms with E-state index < -0.39 is 0 Å². The predicted molar refractivity (Wildman–Crippen MR) is 154 cm³/mol. The van der Waals surface area contributed by atoms with Crippen LogP contribution in [0.4, 0.5) is 10.1 Å². The van der Waals surface area contributed by atoms with Crippen molar-refractivity contribution in [3.05, 3.63) is 106 Å². The molecule has 208 valence electrons. The molecule has 9 nitrogen and oxygen atoms in total. The molecule has 1 fully saturated rings. The van der Waals surface area contributed by atoms with Crippen molar-refractivity contribution in [1.82, 2.24) is 24.1 Å². The third-order valence-electron chi connectivity index (χ3n) is 7.66. The van der Waals surface area contributed by atoms with E-state index in [0.29, 0.717) is 60.7 Å². The van der Waals surface area contributed by atoms with Crippen molar-refractivity contribution in [2.75, 3.05) is 31.1 Å². The lowest BCUT2D eigenvalue weighted by molar-refractivity contribution is -0.131. The molecule has 0 spiro atoms. The highest BCUT2D eigenvalue weighted by atomic mass is 19.1. The SMILES string of the molecule is CC(=O)c1ccc(N2CCN(C(=O)CCc3nnc4n(Cc5ccc(F)cc5)c(=O)c5ccccc5n34)CC2)cc1. The van der Waals surface area contributed by atoms with E-state index in [1.165, 1.54) is 16.7 Å². The Morgan fingerprint density at radius 2 is 1.59 bits per heavy atom. The number of benzene rings is 3. The number of aryl methyl sites for hydroxylation is 1. The number of amides is 1. The van der Waals surface area contributed by atoms with Crippen LogP contribution in [0.2, 0.25) is 0 Å². The molecule has 0 N–H and O–H groups in total. The molecule has 1 amide bonds. The highest BCUT2D eigenvalue weighted by molar-refractivity contribution is 5.94. The van der Waals surface area contributed by atoms with Crippen LogP contribution in [0, 0.1) is 5.82 Å². The first kappa shape index (κ1) is 26.4. The summed E-state index contributed by atoms with van der Waals surface area (Å²) in [4.78, 5) is 42.2. The number of carbonyl (C=O) groups is 2. The second-order valence-electron chi connectivity index (χ2n) is 10.3. The van der Waals surface area contributed by atoms with Crippen LogP contribution in [-0.2, 0) is 17.8 Å². The van der Waals surface area contributed by atoms with E-state index in [1.807, 2.05) is 51.8 Å². The third kappa shape index (κ3) is 5.20. The van der Waals surface area contributed by atoms with Gasteiger partial charge in [0, 0.05) is 50.3 Å². The van der Waals surface area contributed by atoms with E-state index in [9.17, 15) is 18.8 Å². The Kier molecular flexibility index (Phi) is 7.05. The lowest BCUT2D eigenvalue weighted by Gasteiger charge is -2.36. The van der Waals surface area contributed by atoms with Crippen LogP contribution >= 0.6 is 0 Å². The monoisotopic (exact) mass is 552 g/mol. The molecule has 0 unspecified atom stereocenters. The van der Waals surface area contributed by atoms with Gasteiger partial charge in [-0.05, 0) is 61.0 Å². The Bertz CT molecular complexity index is 1800. The molecular formula is C31H29FN6O3. The molecule has 0 atom stereocenters. The summed E-state index contributed by atoms with van der Waals surface area (Å²) >= 11 is 0. The minimum atomic E-state index is -0.344.